The van der Waals surface area contributed by atoms with Crippen LogP contribution >= 0.6 is 0 Å². The van der Waals surface area contributed by atoms with Crippen LogP contribution in [0.1, 0.15) is 5.69 Å². The van der Waals surface area contributed by atoms with Gasteiger partial charge < -0.3 is 0 Å². The van der Waals surface area contributed by atoms with Crippen LogP contribution in [-0.2, 0) is 16.6 Å². The van der Waals surface area contributed by atoms with Crippen molar-refractivity contribution < 1.29 is 17.2 Å². The van der Waals surface area contributed by atoms with Crippen molar-refractivity contribution >= 4 is 10.0 Å². The highest BCUT2D eigenvalue weighted by Gasteiger charge is 2.20. The Morgan fingerprint density at radius 3 is 2.48 bits per heavy atom. The van der Waals surface area contributed by atoms with Crippen molar-refractivity contribution in [2.24, 2.45) is 0 Å². The molecule has 0 fully saturated rings. The SMILES string of the molecule is O=S(=O)(NCc1cc(-c2ccccc2)ncn1)c1cc(F)ccc1F. The Kier molecular flexibility index (Phi) is 4.82. The van der Waals surface area contributed by atoms with E-state index in [1.54, 1.807) is 6.07 Å². The number of nitrogens with one attached hydrogen (secondary N) is 1. The lowest BCUT2D eigenvalue weighted by Crippen LogP contribution is -2.25. The molecule has 0 saturated carbocycles. The second-order valence-electron chi connectivity index (χ2n) is 5.16. The van der Waals surface area contributed by atoms with Gasteiger partial charge in [0.25, 0.3) is 0 Å². The van der Waals surface area contributed by atoms with E-state index in [9.17, 15) is 17.2 Å². The van der Waals surface area contributed by atoms with Crippen LogP contribution in [-0.4, -0.2) is 18.4 Å². The Balaban J connectivity index is 1.81. The average Bonchev–Trinajstić information content (AvgIpc) is 2.63. The maximum atomic E-state index is 13.7. The summed E-state index contributed by atoms with van der Waals surface area (Å²) in [4.78, 5) is 7.39. The monoisotopic (exact) mass is 361 g/mol. The van der Waals surface area contributed by atoms with Gasteiger partial charge in [-0.05, 0) is 24.3 Å². The van der Waals surface area contributed by atoms with Crippen LogP contribution in [0.2, 0.25) is 0 Å². The number of nitrogens with zero attached hydrogens (tertiary/aromatic N) is 2. The van der Waals surface area contributed by atoms with Gasteiger partial charge in [0.1, 0.15) is 22.9 Å². The zero-order valence-electron chi connectivity index (χ0n) is 12.9. The Labute approximate surface area is 143 Å². The third-order valence-electron chi connectivity index (χ3n) is 3.42. The first-order valence-electron chi connectivity index (χ1n) is 7.27. The van der Waals surface area contributed by atoms with Crippen LogP contribution in [0.25, 0.3) is 11.3 Å². The Bertz CT molecular complexity index is 996. The van der Waals surface area contributed by atoms with Crippen LogP contribution in [0, 0.1) is 11.6 Å². The Hall–Kier alpha value is -2.71. The Morgan fingerprint density at radius 2 is 1.72 bits per heavy atom. The van der Waals surface area contributed by atoms with Gasteiger partial charge in [-0.2, -0.15) is 0 Å². The lowest BCUT2D eigenvalue weighted by atomic mass is 10.1. The van der Waals surface area contributed by atoms with Gasteiger partial charge >= 0.3 is 0 Å². The fourth-order valence-electron chi connectivity index (χ4n) is 2.19. The second kappa shape index (κ2) is 7.04. The maximum absolute atomic E-state index is 13.7. The van der Waals surface area contributed by atoms with Crippen LogP contribution in [0.15, 0.2) is 65.8 Å². The molecule has 8 heteroatoms. The van der Waals surface area contributed by atoms with Gasteiger partial charge in [0.2, 0.25) is 10.0 Å². The molecular weight excluding hydrogens is 348 g/mol. The van der Waals surface area contributed by atoms with Crippen molar-refractivity contribution in [2.45, 2.75) is 11.4 Å². The first-order chi connectivity index (χ1) is 12.0. The van der Waals surface area contributed by atoms with E-state index in [0.717, 1.165) is 17.7 Å². The van der Waals surface area contributed by atoms with Gasteiger partial charge in [0.05, 0.1) is 17.9 Å². The smallest absolute Gasteiger partial charge is 0.240 e. The highest BCUT2D eigenvalue weighted by atomic mass is 32.2. The molecule has 0 saturated heterocycles. The molecule has 0 radical (unpaired) electrons. The summed E-state index contributed by atoms with van der Waals surface area (Å²) in [6, 6.07) is 13.2. The predicted molar refractivity (Wildman–Crippen MR) is 87.9 cm³/mol. The van der Waals surface area contributed by atoms with Crippen molar-refractivity contribution in [2.75, 3.05) is 0 Å². The van der Waals surface area contributed by atoms with E-state index in [1.807, 2.05) is 30.3 Å². The number of aromatic nitrogens is 2. The minimum atomic E-state index is -4.21. The highest BCUT2D eigenvalue weighted by molar-refractivity contribution is 7.89. The quantitative estimate of drug-likeness (QED) is 0.758. The topological polar surface area (TPSA) is 72.0 Å². The van der Waals surface area contributed by atoms with E-state index in [1.165, 1.54) is 6.33 Å². The molecular formula is C17H13F2N3O2S. The third-order valence-corrected chi connectivity index (χ3v) is 4.84. The van der Waals surface area contributed by atoms with Gasteiger partial charge in [-0.1, -0.05) is 30.3 Å². The molecule has 0 spiro atoms. The first-order valence-corrected chi connectivity index (χ1v) is 8.75. The molecule has 25 heavy (non-hydrogen) atoms. The van der Waals surface area contributed by atoms with Crippen molar-refractivity contribution in [3.8, 4) is 11.3 Å². The van der Waals surface area contributed by atoms with Gasteiger partial charge in [0.15, 0.2) is 0 Å². The predicted octanol–water partition coefficient (Wildman–Crippen LogP) is 2.90. The summed E-state index contributed by atoms with van der Waals surface area (Å²) in [5, 5.41) is 0. The molecule has 0 aliphatic heterocycles. The van der Waals surface area contributed by atoms with Crippen LogP contribution in [0.4, 0.5) is 8.78 Å². The van der Waals surface area contributed by atoms with Crippen molar-refractivity contribution in [1.82, 2.24) is 14.7 Å². The number of hydrogen-bond donors (Lipinski definition) is 1. The largest absolute Gasteiger partial charge is 0.243 e. The van der Waals surface area contributed by atoms with Gasteiger partial charge in [-0.25, -0.2) is 31.9 Å². The molecule has 1 aromatic heterocycles. The molecule has 0 aliphatic carbocycles. The number of rotatable bonds is 5. The van der Waals surface area contributed by atoms with Crippen LogP contribution in [0.5, 0.6) is 0 Å². The van der Waals surface area contributed by atoms with Crippen LogP contribution < -0.4 is 4.72 Å². The van der Waals surface area contributed by atoms with E-state index in [-0.39, 0.29) is 6.54 Å². The highest BCUT2D eigenvalue weighted by Crippen LogP contribution is 2.18. The molecule has 1 N–H and O–H groups in total. The fraction of sp³-hybridized carbons (Fsp3) is 0.0588. The second-order valence-corrected chi connectivity index (χ2v) is 6.90. The summed E-state index contributed by atoms with van der Waals surface area (Å²) in [5.74, 6) is -1.86. The van der Waals surface area contributed by atoms with E-state index in [4.69, 9.17) is 0 Å². The zero-order valence-corrected chi connectivity index (χ0v) is 13.7. The number of benzene rings is 2. The van der Waals surface area contributed by atoms with E-state index >= 15 is 0 Å². The molecule has 0 unspecified atom stereocenters. The molecule has 0 atom stereocenters. The van der Waals surface area contributed by atoms with Crippen LogP contribution in [0.3, 0.4) is 0 Å². The summed E-state index contributed by atoms with van der Waals surface area (Å²) < 4.78 is 53.4. The molecule has 0 aliphatic rings. The third kappa shape index (κ3) is 4.04. The number of hydrogen-bond acceptors (Lipinski definition) is 4. The molecule has 5 nitrogen and oxygen atoms in total. The fourth-order valence-corrected chi connectivity index (χ4v) is 3.28. The van der Waals surface area contributed by atoms with Crippen molar-refractivity contribution in [1.29, 1.82) is 0 Å². The summed E-state index contributed by atoms with van der Waals surface area (Å²) in [5.41, 5.74) is 1.88. The molecule has 3 rings (SSSR count). The standard InChI is InChI=1S/C17H13F2N3O2S/c18-13-6-7-15(19)17(8-13)25(23,24)22-10-14-9-16(21-11-20-14)12-4-2-1-3-5-12/h1-9,11,22H,10H2. The molecule has 3 aromatic rings. The first kappa shape index (κ1) is 17.1. The molecule has 128 valence electrons. The lowest BCUT2D eigenvalue weighted by Gasteiger charge is -2.08. The van der Waals surface area contributed by atoms with Gasteiger partial charge in [0, 0.05) is 5.56 Å². The van der Waals surface area contributed by atoms with E-state index < -0.39 is 26.6 Å². The van der Waals surface area contributed by atoms with E-state index in [0.29, 0.717) is 17.5 Å². The number of sulfonamides is 1. The summed E-state index contributed by atoms with van der Waals surface area (Å²) in [7, 11) is -4.21. The zero-order chi connectivity index (χ0) is 17.9. The minimum absolute atomic E-state index is 0.180. The number of halogens is 2. The maximum Gasteiger partial charge on any atom is 0.243 e. The summed E-state index contributed by atoms with van der Waals surface area (Å²) >= 11 is 0. The lowest BCUT2D eigenvalue weighted by molar-refractivity contribution is 0.545. The minimum Gasteiger partial charge on any atom is -0.240 e. The summed E-state index contributed by atoms with van der Waals surface area (Å²) in [6.45, 7) is -0.180. The Morgan fingerprint density at radius 1 is 0.960 bits per heavy atom. The van der Waals surface area contributed by atoms with Gasteiger partial charge in [-0.15, -0.1) is 0 Å². The average molecular weight is 361 g/mol. The normalized spacial score (nSPS) is 11.4. The van der Waals surface area contributed by atoms with Crippen molar-refractivity contribution in [3.05, 3.63) is 78.3 Å². The summed E-state index contributed by atoms with van der Waals surface area (Å²) in [6.07, 6.45) is 1.31. The molecule has 0 bridgehead atoms. The van der Waals surface area contributed by atoms with E-state index in [2.05, 4.69) is 14.7 Å². The van der Waals surface area contributed by atoms with Gasteiger partial charge in [-0.3, -0.25) is 0 Å². The molecule has 1 heterocycles. The molecule has 2 aromatic carbocycles. The molecule has 0 amide bonds. The van der Waals surface area contributed by atoms with Crippen molar-refractivity contribution in [3.63, 3.8) is 0 Å².